The molecule has 1 saturated heterocycles. The Morgan fingerprint density at radius 2 is 2.17 bits per heavy atom. The minimum atomic E-state index is -1.13. The summed E-state index contributed by atoms with van der Waals surface area (Å²) >= 11 is 0. The Labute approximate surface area is 200 Å². The summed E-state index contributed by atoms with van der Waals surface area (Å²) in [4.78, 5) is 22.3. The molecule has 0 unspecified atom stereocenters. The van der Waals surface area contributed by atoms with Crippen LogP contribution in [0.4, 0.5) is 10.2 Å². The van der Waals surface area contributed by atoms with Crippen molar-refractivity contribution in [1.29, 1.82) is 0 Å². The van der Waals surface area contributed by atoms with Gasteiger partial charge in [0.15, 0.2) is 5.65 Å². The number of hydrogen-bond donors (Lipinski definition) is 3. The largest absolute Gasteiger partial charge is 0.391 e. The molecule has 2 fully saturated rings. The molecule has 4 atom stereocenters. The lowest BCUT2D eigenvalue weighted by atomic mass is 9.89. The number of aliphatic hydroxyl groups excluding tert-OH is 1. The third kappa shape index (κ3) is 3.62. The molecule has 35 heavy (non-hydrogen) atoms. The van der Waals surface area contributed by atoms with Crippen LogP contribution in [0.1, 0.15) is 35.7 Å². The monoisotopic (exact) mass is 479 g/mol. The molecule has 1 aliphatic heterocycles. The van der Waals surface area contributed by atoms with Gasteiger partial charge in [0.25, 0.3) is 5.91 Å². The lowest BCUT2D eigenvalue weighted by Gasteiger charge is -2.32. The van der Waals surface area contributed by atoms with Crippen LogP contribution >= 0.6 is 0 Å². The van der Waals surface area contributed by atoms with Crippen LogP contribution in [-0.2, 0) is 4.74 Å². The van der Waals surface area contributed by atoms with Crippen molar-refractivity contribution in [1.82, 2.24) is 29.5 Å². The first-order valence-corrected chi connectivity index (χ1v) is 11.8. The second-order valence-corrected chi connectivity index (χ2v) is 9.07. The first kappa shape index (κ1) is 21.9. The highest BCUT2D eigenvalue weighted by Crippen LogP contribution is 2.35. The van der Waals surface area contributed by atoms with Crippen LogP contribution in [0.15, 0.2) is 36.8 Å². The molecule has 6 rings (SSSR count). The van der Waals surface area contributed by atoms with E-state index in [0.29, 0.717) is 47.8 Å². The van der Waals surface area contributed by atoms with Gasteiger partial charge in [0.05, 0.1) is 36.7 Å². The van der Waals surface area contributed by atoms with E-state index in [4.69, 9.17) is 9.72 Å². The van der Waals surface area contributed by atoms with Crippen LogP contribution in [0.2, 0.25) is 0 Å². The zero-order valence-electron chi connectivity index (χ0n) is 19.2. The number of carbonyl (C=O) groups is 1. The van der Waals surface area contributed by atoms with Crippen molar-refractivity contribution in [2.24, 2.45) is 0 Å². The Hall–Kier alpha value is -3.57. The SMILES string of the molecule is CNc1cc(-c2cn([C@H]3CCOC[C@H]3F)c3ncccc23)nc2c(C(=O)N[C@H]3CC[C@H]3O)cnn12. The maximum atomic E-state index is 14.8. The molecule has 1 amide bonds. The number of halogens is 1. The van der Waals surface area contributed by atoms with Crippen LogP contribution in [0.3, 0.4) is 0 Å². The number of rotatable bonds is 5. The Kier molecular flexibility index (Phi) is 5.37. The number of carbonyl (C=O) groups excluding carboxylic acids is 1. The molecule has 2 aliphatic rings. The summed E-state index contributed by atoms with van der Waals surface area (Å²) in [5, 5.41) is 21.0. The van der Waals surface area contributed by atoms with Crippen LogP contribution in [0.5, 0.6) is 0 Å². The molecule has 0 radical (unpaired) electrons. The van der Waals surface area contributed by atoms with Crippen molar-refractivity contribution >= 4 is 28.4 Å². The maximum Gasteiger partial charge on any atom is 0.257 e. The van der Waals surface area contributed by atoms with Gasteiger partial charge in [0.2, 0.25) is 0 Å². The van der Waals surface area contributed by atoms with E-state index < -0.39 is 12.3 Å². The lowest BCUT2D eigenvalue weighted by molar-refractivity contribution is 0.00443. The van der Waals surface area contributed by atoms with Crippen molar-refractivity contribution in [2.45, 2.75) is 43.6 Å². The van der Waals surface area contributed by atoms with E-state index in [9.17, 15) is 14.3 Å². The summed E-state index contributed by atoms with van der Waals surface area (Å²) < 4.78 is 23.5. The Balaban J connectivity index is 1.47. The van der Waals surface area contributed by atoms with E-state index in [1.807, 2.05) is 29.0 Å². The summed E-state index contributed by atoms with van der Waals surface area (Å²) in [6.07, 6.45) is 5.36. The van der Waals surface area contributed by atoms with E-state index in [0.717, 1.165) is 17.4 Å². The van der Waals surface area contributed by atoms with E-state index in [2.05, 4.69) is 20.7 Å². The molecule has 0 aromatic carbocycles. The number of fused-ring (bicyclic) bond motifs is 2. The number of anilines is 1. The standard InChI is InChI=1S/C24H26FN7O3/c1-26-21-9-18(29-23-14(10-28-32(21)23)24(34)30-17-4-5-20(17)33)15-11-31(19-6-8-35-12-16(19)25)22-13(15)3-2-7-27-22/h2-3,7,9-11,16-17,19-20,26,33H,4-6,8,12H2,1H3,(H,30,34)/t16-,17+,19+,20-/m1/s1. The Morgan fingerprint density at radius 3 is 2.91 bits per heavy atom. The molecule has 4 aromatic rings. The summed E-state index contributed by atoms with van der Waals surface area (Å²) in [5.74, 6) is 0.314. The number of alkyl halides is 1. The fourth-order valence-corrected chi connectivity index (χ4v) is 4.88. The molecule has 182 valence electrons. The predicted molar refractivity (Wildman–Crippen MR) is 127 cm³/mol. The number of aromatic nitrogens is 5. The number of pyridine rings is 1. The summed E-state index contributed by atoms with van der Waals surface area (Å²) in [5.41, 5.74) is 2.78. The number of amides is 1. The Morgan fingerprint density at radius 1 is 1.29 bits per heavy atom. The molecule has 1 aliphatic carbocycles. The third-order valence-electron chi connectivity index (χ3n) is 7.00. The molecule has 0 bridgehead atoms. The molecular weight excluding hydrogens is 453 g/mol. The summed E-state index contributed by atoms with van der Waals surface area (Å²) in [6, 6.07) is 4.98. The van der Waals surface area contributed by atoms with Crippen LogP contribution < -0.4 is 10.6 Å². The average Bonchev–Trinajstić information content (AvgIpc) is 3.48. The van der Waals surface area contributed by atoms with Gasteiger partial charge in [-0.05, 0) is 31.4 Å². The number of ether oxygens (including phenoxy) is 1. The zero-order valence-corrected chi connectivity index (χ0v) is 19.2. The quantitative estimate of drug-likeness (QED) is 0.402. The number of nitrogens with zero attached hydrogens (tertiary/aromatic N) is 5. The Bertz CT molecular complexity index is 1420. The van der Waals surface area contributed by atoms with Gasteiger partial charge < -0.3 is 25.0 Å². The number of nitrogens with one attached hydrogen (secondary N) is 2. The number of aliphatic hydroxyl groups is 1. The van der Waals surface area contributed by atoms with E-state index in [1.54, 1.807) is 17.8 Å². The van der Waals surface area contributed by atoms with E-state index in [-0.39, 0.29) is 24.6 Å². The minimum absolute atomic E-state index is 0.0601. The van der Waals surface area contributed by atoms with Gasteiger partial charge in [-0.25, -0.2) is 14.4 Å². The second kappa shape index (κ2) is 8.58. The average molecular weight is 480 g/mol. The lowest BCUT2D eigenvalue weighted by Crippen LogP contribution is -2.50. The third-order valence-corrected chi connectivity index (χ3v) is 7.00. The smallest absolute Gasteiger partial charge is 0.257 e. The summed E-state index contributed by atoms with van der Waals surface area (Å²) in [7, 11) is 1.77. The highest BCUT2D eigenvalue weighted by molar-refractivity contribution is 6.01. The highest BCUT2D eigenvalue weighted by atomic mass is 19.1. The molecule has 10 nitrogen and oxygen atoms in total. The van der Waals surface area contributed by atoms with Gasteiger partial charge in [-0.15, -0.1) is 0 Å². The van der Waals surface area contributed by atoms with Gasteiger partial charge >= 0.3 is 0 Å². The van der Waals surface area contributed by atoms with Crippen molar-refractivity contribution in [2.75, 3.05) is 25.6 Å². The van der Waals surface area contributed by atoms with Crippen molar-refractivity contribution in [3.05, 3.63) is 42.4 Å². The zero-order chi connectivity index (χ0) is 24.1. The highest BCUT2D eigenvalue weighted by Gasteiger charge is 2.32. The number of hydrogen-bond acceptors (Lipinski definition) is 7. The van der Waals surface area contributed by atoms with Crippen LogP contribution in [0, 0.1) is 0 Å². The fourth-order valence-electron chi connectivity index (χ4n) is 4.88. The van der Waals surface area contributed by atoms with E-state index >= 15 is 0 Å². The molecule has 5 heterocycles. The van der Waals surface area contributed by atoms with Crippen molar-refractivity contribution in [3.8, 4) is 11.3 Å². The second-order valence-electron chi connectivity index (χ2n) is 9.07. The van der Waals surface area contributed by atoms with Gasteiger partial charge in [0.1, 0.15) is 23.2 Å². The maximum absolute atomic E-state index is 14.8. The van der Waals surface area contributed by atoms with Crippen LogP contribution in [0.25, 0.3) is 27.9 Å². The van der Waals surface area contributed by atoms with Gasteiger partial charge in [-0.1, -0.05) is 0 Å². The van der Waals surface area contributed by atoms with Gasteiger partial charge in [-0.2, -0.15) is 9.61 Å². The van der Waals surface area contributed by atoms with Gasteiger partial charge in [0, 0.05) is 43.1 Å². The minimum Gasteiger partial charge on any atom is -0.391 e. The summed E-state index contributed by atoms with van der Waals surface area (Å²) in [6.45, 7) is 0.551. The topological polar surface area (TPSA) is 119 Å². The normalized spacial score (nSPS) is 24.4. The molecule has 0 spiro atoms. The molecule has 1 saturated carbocycles. The van der Waals surface area contributed by atoms with Gasteiger partial charge in [-0.3, -0.25) is 4.79 Å². The first-order valence-electron chi connectivity index (χ1n) is 11.8. The van der Waals surface area contributed by atoms with Crippen LogP contribution in [-0.4, -0.2) is 73.7 Å². The molecule has 11 heteroatoms. The first-order chi connectivity index (χ1) is 17.0. The fraction of sp³-hybridized carbons (Fsp3) is 0.417. The molecule has 4 aromatic heterocycles. The van der Waals surface area contributed by atoms with E-state index in [1.165, 1.54) is 6.20 Å². The molecule has 3 N–H and O–H groups in total. The molecular formula is C24H26FN7O3. The van der Waals surface area contributed by atoms with Crippen molar-refractivity contribution in [3.63, 3.8) is 0 Å². The predicted octanol–water partition coefficient (Wildman–Crippen LogP) is 2.34. The van der Waals surface area contributed by atoms with Crippen molar-refractivity contribution < 1.29 is 19.0 Å².